The van der Waals surface area contributed by atoms with Crippen molar-refractivity contribution < 1.29 is 9.59 Å². The summed E-state index contributed by atoms with van der Waals surface area (Å²) in [4.78, 5) is 27.4. The van der Waals surface area contributed by atoms with Gasteiger partial charge < -0.3 is 10.2 Å². The first-order valence-corrected chi connectivity index (χ1v) is 12.0. The van der Waals surface area contributed by atoms with Gasteiger partial charge in [0.2, 0.25) is 11.8 Å². The van der Waals surface area contributed by atoms with Crippen LogP contribution < -0.4 is 5.32 Å². The van der Waals surface area contributed by atoms with Crippen molar-refractivity contribution in [1.82, 2.24) is 10.2 Å². The number of rotatable bonds is 11. The van der Waals surface area contributed by atoms with Crippen LogP contribution in [0.2, 0.25) is 10.0 Å². The monoisotopic (exact) mass is 466 g/mol. The van der Waals surface area contributed by atoms with Gasteiger partial charge in [-0.25, -0.2) is 0 Å². The number of nitrogens with one attached hydrogen (secondary N) is 1. The highest BCUT2D eigenvalue weighted by atomic mass is 35.5. The number of nitrogens with zero attached hydrogens (tertiary/aromatic N) is 1. The van der Waals surface area contributed by atoms with E-state index in [9.17, 15) is 9.59 Å². The molecule has 1 N–H and O–H groups in total. The molecule has 2 aromatic carbocycles. The van der Waals surface area contributed by atoms with E-state index in [1.165, 1.54) is 11.8 Å². The van der Waals surface area contributed by atoms with Gasteiger partial charge >= 0.3 is 0 Å². The zero-order valence-corrected chi connectivity index (χ0v) is 19.7. The molecule has 1 atom stereocenters. The largest absolute Gasteiger partial charge is 0.355 e. The van der Waals surface area contributed by atoms with Gasteiger partial charge in [-0.05, 0) is 43.0 Å². The molecule has 30 heavy (non-hydrogen) atoms. The number of halogens is 2. The molecule has 2 amide bonds. The minimum atomic E-state index is -0.481. The fraction of sp³-hybridized carbons (Fsp3) is 0.391. The predicted octanol–water partition coefficient (Wildman–Crippen LogP) is 5.21. The number of benzene rings is 2. The lowest BCUT2D eigenvalue weighted by molar-refractivity contribution is -0.138. The summed E-state index contributed by atoms with van der Waals surface area (Å²) in [7, 11) is 0. The maximum Gasteiger partial charge on any atom is 0.242 e. The first kappa shape index (κ1) is 24.6. The van der Waals surface area contributed by atoms with E-state index in [0.717, 1.165) is 11.1 Å². The van der Waals surface area contributed by atoms with E-state index in [2.05, 4.69) is 5.32 Å². The molecule has 0 saturated heterocycles. The van der Waals surface area contributed by atoms with Gasteiger partial charge in [-0.15, -0.1) is 11.8 Å². The second kappa shape index (κ2) is 12.9. The van der Waals surface area contributed by atoms with Crippen molar-refractivity contribution >= 4 is 46.8 Å². The summed E-state index contributed by atoms with van der Waals surface area (Å²) >= 11 is 13.9. The Hall–Kier alpha value is -1.69. The third-order valence-corrected chi connectivity index (χ3v) is 6.41. The maximum atomic E-state index is 13.1. The number of hydrogen-bond donors (Lipinski definition) is 1. The number of likely N-dealkylation sites (N-methyl/N-ethyl adjacent to an activating group) is 1. The van der Waals surface area contributed by atoms with Gasteiger partial charge in [-0.2, -0.15) is 0 Å². The molecule has 1 unspecified atom stereocenters. The Bertz CT molecular complexity index is 813. The van der Waals surface area contributed by atoms with Gasteiger partial charge in [-0.1, -0.05) is 66.5 Å². The normalized spacial score (nSPS) is 11.7. The van der Waals surface area contributed by atoms with Crippen molar-refractivity contribution in [2.75, 3.05) is 18.8 Å². The molecule has 7 heteroatoms. The molecule has 0 aliphatic carbocycles. The van der Waals surface area contributed by atoms with Crippen LogP contribution in [0.5, 0.6) is 0 Å². The molecule has 0 aliphatic rings. The molecule has 0 spiro atoms. The quantitative estimate of drug-likeness (QED) is 0.494. The summed E-state index contributed by atoms with van der Waals surface area (Å²) in [6.45, 7) is 4.84. The van der Waals surface area contributed by atoms with Crippen LogP contribution in [0.3, 0.4) is 0 Å². The Labute approximate surface area is 193 Å². The van der Waals surface area contributed by atoms with Crippen LogP contribution in [0.15, 0.2) is 48.5 Å². The van der Waals surface area contributed by atoms with Crippen LogP contribution in [0.1, 0.15) is 31.4 Å². The summed E-state index contributed by atoms with van der Waals surface area (Å²) in [6, 6.07) is 14.9. The van der Waals surface area contributed by atoms with Gasteiger partial charge in [0.05, 0.1) is 5.75 Å². The SMILES string of the molecule is CCNC(=O)C(CC)N(CCc1ccccc1)C(=O)CSCc1c(Cl)cccc1Cl. The molecule has 0 aromatic heterocycles. The van der Waals surface area contributed by atoms with Gasteiger partial charge in [0.15, 0.2) is 0 Å². The van der Waals surface area contributed by atoms with Crippen LogP contribution >= 0.6 is 35.0 Å². The van der Waals surface area contributed by atoms with Gasteiger partial charge in [-0.3, -0.25) is 9.59 Å². The Morgan fingerprint density at radius 1 is 1.03 bits per heavy atom. The van der Waals surface area contributed by atoms with E-state index in [0.29, 0.717) is 41.7 Å². The first-order chi connectivity index (χ1) is 14.5. The minimum Gasteiger partial charge on any atom is -0.355 e. The Balaban J connectivity index is 2.07. The summed E-state index contributed by atoms with van der Waals surface area (Å²) in [5.41, 5.74) is 1.96. The van der Waals surface area contributed by atoms with Crippen molar-refractivity contribution in [3.8, 4) is 0 Å². The summed E-state index contributed by atoms with van der Waals surface area (Å²) in [6.07, 6.45) is 1.26. The average Bonchev–Trinajstić information content (AvgIpc) is 2.74. The molecule has 0 radical (unpaired) electrons. The number of thioether (sulfide) groups is 1. The van der Waals surface area contributed by atoms with Crippen LogP contribution in [0.4, 0.5) is 0 Å². The third-order valence-electron chi connectivity index (χ3n) is 4.75. The fourth-order valence-corrected chi connectivity index (χ4v) is 4.83. The smallest absolute Gasteiger partial charge is 0.242 e. The lowest BCUT2D eigenvalue weighted by Gasteiger charge is -2.30. The van der Waals surface area contributed by atoms with Crippen LogP contribution in [-0.2, 0) is 21.8 Å². The highest BCUT2D eigenvalue weighted by Crippen LogP contribution is 2.28. The number of carbonyl (C=O) groups excluding carboxylic acids is 2. The second-order valence-electron chi connectivity index (χ2n) is 6.83. The summed E-state index contributed by atoms with van der Waals surface area (Å²) < 4.78 is 0. The molecule has 0 aliphatic heterocycles. The van der Waals surface area contributed by atoms with Gasteiger partial charge in [0.1, 0.15) is 6.04 Å². The second-order valence-corrected chi connectivity index (χ2v) is 8.63. The minimum absolute atomic E-state index is 0.0581. The molecule has 4 nitrogen and oxygen atoms in total. The van der Waals surface area contributed by atoms with Crippen LogP contribution in [0, 0.1) is 0 Å². The predicted molar refractivity (Wildman–Crippen MR) is 127 cm³/mol. The van der Waals surface area contributed by atoms with E-state index < -0.39 is 6.04 Å². The maximum absolute atomic E-state index is 13.1. The van der Waals surface area contributed by atoms with E-state index in [1.807, 2.05) is 44.2 Å². The number of amides is 2. The molecule has 0 bridgehead atoms. The van der Waals surface area contributed by atoms with Gasteiger partial charge in [0, 0.05) is 28.9 Å². The van der Waals surface area contributed by atoms with Crippen LogP contribution in [0.25, 0.3) is 0 Å². The lowest BCUT2D eigenvalue weighted by atomic mass is 10.1. The van der Waals surface area contributed by atoms with Crippen molar-refractivity contribution in [1.29, 1.82) is 0 Å². The van der Waals surface area contributed by atoms with Crippen molar-refractivity contribution in [3.63, 3.8) is 0 Å². The summed E-state index contributed by atoms with van der Waals surface area (Å²) in [5, 5.41) is 4.04. The van der Waals surface area contributed by atoms with E-state index in [-0.39, 0.29) is 17.6 Å². The lowest BCUT2D eigenvalue weighted by Crippen LogP contribution is -2.50. The van der Waals surface area contributed by atoms with Crippen molar-refractivity contribution in [2.24, 2.45) is 0 Å². The molecular weight excluding hydrogens is 439 g/mol. The molecule has 2 aromatic rings. The van der Waals surface area contributed by atoms with E-state index in [4.69, 9.17) is 23.2 Å². The van der Waals surface area contributed by atoms with E-state index in [1.54, 1.807) is 23.1 Å². The zero-order valence-electron chi connectivity index (χ0n) is 17.4. The van der Waals surface area contributed by atoms with E-state index >= 15 is 0 Å². The van der Waals surface area contributed by atoms with Gasteiger partial charge in [0.25, 0.3) is 0 Å². The molecular formula is C23H28Cl2N2O2S. The van der Waals surface area contributed by atoms with Crippen molar-refractivity contribution in [3.05, 3.63) is 69.7 Å². The molecule has 2 rings (SSSR count). The van der Waals surface area contributed by atoms with Crippen molar-refractivity contribution in [2.45, 2.75) is 38.5 Å². The number of carbonyl (C=O) groups is 2. The molecule has 0 fully saturated rings. The third kappa shape index (κ3) is 7.22. The molecule has 0 saturated carbocycles. The highest BCUT2D eigenvalue weighted by Gasteiger charge is 2.27. The fourth-order valence-electron chi connectivity index (χ4n) is 3.18. The Morgan fingerprint density at radius 2 is 1.70 bits per heavy atom. The Kier molecular flexibility index (Phi) is 10.6. The first-order valence-electron chi connectivity index (χ1n) is 10.1. The topological polar surface area (TPSA) is 49.4 Å². The number of hydrogen-bond acceptors (Lipinski definition) is 3. The summed E-state index contributed by atoms with van der Waals surface area (Å²) in [5.74, 6) is 0.624. The Morgan fingerprint density at radius 3 is 2.30 bits per heavy atom. The average molecular weight is 467 g/mol. The standard InChI is InChI=1S/C23H28Cl2N2O2S/c1-3-21(23(29)26-4-2)27(14-13-17-9-6-5-7-10-17)22(28)16-30-15-18-19(24)11-8-12-20(18)25/h5-12,21H,3-4,13-16H2,1-2H3,(H,26,29). The molecule has 162 valence electrons. The highest BCUT2D eigenvalue weighted by molar-refractivity contribution is 7.99. The van der Waals surface area contributed by atoms with Crippen LogP contribution in [-0.4, -0.2) is 41.6 Å². The zero-order chi connectivity index (χ0) is 21.9. The molecule has 0 heterocycles.